The molecular formula is C8H19N3O. The summed E-state index contributed by atoms with van der Waals surface area (Å²) in [6, 6.07) is 0. The maximum atomic E-state index is 8.60. The van der Waals surface area contributed by atoms with E-state index in [1.807, 2.05) is 27.4 Å². The van der Waals surface area contributed by atoms with Gasteiger partial charge in [0.25, 0.3) is 0 Å². The van der Waals surface area contributed by atoms with Gasteiger partial charge in [0.1, 0.15) is 0 Å². The first kappa shape index (κ1) is 11.4. The van der Waals surface area contributed by atoms with Crippen LogP contribution in [-0.2, 0) is 0 Å². The second-order valence-corrected chi connectivity index (χ2v) is 2.96. The lowest BCUT2D eigenvalue weighted by molar-refractivity contribution is 0.224. The van der Waals surface area contributed by atoms with Gasteiger partial charge in [0.2, 0.25) is 0 Å². The third kappa shape index (κ3) is 7.50. The Kier molecular flexibility index (Phi) is 6.70. The number of aliphatic hydroxyl groups excluding tert-OH is 1. The molecule has 0 radical (unpaired) electrons. The second-order valence-electron chi connectivity index (χ2n) is 2.96. The molecule has 0 amide bonds. The molecule has 0 fully saturated rings. The van der Waals surface area contributed by atoms with Gasteiger partial charge in [0, 0.05) is 33.4 Å². The van der Waals surface area contributed by atoms with Gasteiger partial charge in [0.05, 0.1) is 6.61 Å². The summed E-state index contributed by atoms with van der Waals surface area (Å²) >= 11 is 0. The Morgan fingerprint density at radius 1 is 1.25 bits per heavy atom. The van der Waals surface area contributed by atoms with Gasteiger partial charge in [-0.1, -0.05) is 0 Å². The number of nitrogens with zero attached hydrogens (tertiary/aromatic N) is 3. The van der Waals surface area contributed by atoms with Crippen LogP contribution in [0.15, 0.2) is 5.10 Å². The van der Waals surface area contributed by atoms with Crippen LogP contribution in [0.3, 0.4) is 0 Å². The molecule has 0 aliphatic rings. The minimum atomic E-state index is 0.224. The zero-order chi connectivity index (χ0) is 9.40. The van der Waals surface area contributed by atoms with Crippen LogP contribution in [-0.4, -0.2) is 62.1 Å². The lowest BCUT2D eigenvalue weighted by Crippen LogP contribution is -2.23. The quantitative estimate of drug-likeness (QED) is 0.448. The number of hydrazone groups is 1. The number of hydrogen-bond donors (Lipinski definition) is 1. The Morgan fingerprint density at radius 2 is 1.92 bits per heavy atom. The van der Waals surface area contributed by atoms with E-state index >= 15 is 0 Å². The van der Waals surface area contributed by atoms with Crippen LogP contribution in [0.4, 0.5) is 0 Å². The third-order valence-electron chi connectivity index (χ3n) is 1.43. The van der Waals surface area contributed by atoms with Gasteiger partial charge in [-0.25, -0.2) is 0 Å². The Hall–Kier alpha value is -0.610. The van der Waals surface area contributed by atoms with Crippen LogP contribution < -0.4 is 0 Å². The highest BCUT2D eigenvalue weighted by molar-refractivity contribution is 5.56. The van der Waals surface area contributed by atoms with Crippen molar-refractivity contribution >= 4 is 6.21 Å². The maximum absolute atomic E-state index is 8.60. The van der Waals surface area contributed by atoms with Gasteiger partial charge in [-0.2, -0.15) is 5.10 Å². The molecule has 4 heteroatoms. The molecule has 72 valence electrons. The van der Waals surface area contributed by atoms with Gasteiger partial charge in [-0.15, -0.1) is 0 Å². The highest BCUT2D eigenvalue weighted by atomic mass is 16.3. The molecule has 0 heterocycles. The molecule has 0 aromatic heterocycles. The van der Waals surface area contributed by atoms with Gasteiger partial charge < -0.3 is 15.0 Å². The second kappa shape index (κ2) is 7.06. The molecule has 0 aromatic rings. The Labute approximate surface area is 74.5 Å². The van der Waals surface area contributed by atoms with Gasteiger partial charge in [0.15, 0.2) is 0 Å². The van der Waals surface area contributed by atoms with Gasteiger partial charge >= 0.3 is 0 Å². The monoisotopic (exact) mass is 173 g/mol. The average Bonchev–Trinajstić information content (AvgIpc) is 1.98. The fourth-order valence-electron chi connectivity index (χ4n) is 0.782. The summed E-state index contributed by atoms with van der Waals surface area (Å²) in [5.41, 5.74) is 0. The van der Waals surface area contributed by atoms with E-state index in [0.717, 1.165) is 19.5 Å². The summed E-state index contributed by atoms with van der Waals surface area (Å²) in [5, 5.41) is 14.4. The molecule has 0 aliphatic heterocycles. The van der Waals surface area contributed by atoms with Crippen molar-refractivity contribution in [1.82, 2.24) is 9.91 Å². The summed E-state index contributed by atoms with van der Waals surface area (Å²) < 4.78 is 0. The molecule has 0 saturated carbocycles. The van der Waals surface area contributed by atoms with Crippen molar-refractivity contribution in [2.45, 2.75) is 6.42 Å². The van der Waals surface area contributed by atoms with Crippen molar-refractivity contribution in [3.63, 3.8) is 0 Å². The standard InChI is InChI=1S/C8H19N3O/c1-10(2)9-5-4-6-11(3)7-8-12/h5,12H,4,6-8H2,1-3H3/b9-5-. The summed E-state index contributed by atoms with van der Waals surface area (Å²) in [5.74, 6) is 0. The van der Waals surface area contributed by atoms with Crippen molar-refractivity contribution in [3.05, 3.63) is 0 Å². The average molecular weight is 173 g/mol. The third-order valence-corrected chi connectivity index (χ3v) is 1.43. The molecule has 1 N–H and O–H groups in total. The van der Waals surface area contributed by atoms with E-state index in [9.17, 15) is 0 Å². The van der Waals surface area contributed by atoms with E-state index in [2.05, 4.69) is 10.0 Å². The first-order valence-corrected chi connectivity index (χ1v) is 4.16. The summed E-state index contributed by atoms with van der Waals surface area (Å²) in [4.78, 5) is 2.07. The van der Waals surface area contributed by atoms with Crippen molar-refractivity contribution in [2.24, 2.45) is 5.10 Å². The summed E-state index contributed by atoms with van der Waals surface area (Å²) in [6.45, 7) is 1.90. The molecule has 12 heavy (non-hydrogen) atoms. The van der Waals surface area contributed by atoms with Crippen LogP contribution >= 0.6 is 0 Å². The zero-order valence-electron chi connectivity index (χ0n) is 8.19. The fraction of sp³-hybridized carbons (Fsp3) is 0.875. The van der Waals surface area contributed by atoms with E-state index in [4.69, 9.17) is 5.11 Å². The molecule has 4 nitrogen and oxygen atoms in total. The van der Waals surface area contributed by atoms with E-state index in [1.165, 1.54) is 0 Å². The minimum absolute atomic E-state index is 0.224. The first-order valence-electron chi connectivity index (χ1n) is 4.16. The normalized spacial score (nSPS) is 11.4. The molecule has 0 saturated heterocycles. The Morgan fingerprint density at radius 3 is 2.42 bits per heavy atom. The highest BCUT2D eigenvalue weighted by Gasteiger charge is 1.93. The largest absolute Gasteiger partial charge is 0.395 e. The highest BCUT2D eigenvalue weighted by Crippen LogP contribution is 1.84. The predicted molar refractivity (Wildman–Crippen MR) is 51.4 cm³/mol. The van der Waals surface area contributed by atoms with E-state index in [1.54, 1.807) is 5.01 Å². The topological polar surface area (TPSA) is 39.1 Å². The van der Waals surface area contributed by atoms with Gasteiger partial charge in [-0.05, 0) is 13.5 Å². The van der Waals surface area contributed by atoms with Crippen molar-refractivity contribution < 1.29 is 5.11 Å². The zero-order valence-corrected chi connectivity index (χ0v) is 8.19. The van der Waals surface area contributed by atoms with Crippen LogP contribution in [0.1, 0.15) is 6.42 Å². The Balaban J connectivity index is 3.30. The smallest absolute Gasteiger partial charge is 0.0558 e. The molecular weight excluding hydrogens is 154 g/mol. The molecule has 0 spiro atoms. The first-order chi connectivity index (χ1) is 5.66. The molecule has 0 unspecified atom stereocenters. The van der Waals surface area contributed by atoms with E-state index in [-0.39, 0.29) is 6.61 Å². The molecule has 0 aliphatic carbocycles. The fourth-order valence-corrected chi connectivity index (χ4v) is 0.782. The predicted octanol–water partition coefficient (Wildman–Crippen LogP) is -0.152. The van der Waals surface area contributed by atoms with Crippen LogP contribution in [0.2, 0.25) is 0 Å². The van der Waals surface area contributed by atoms with Crippen LogP contribution in [0, 0.1) is 0 Å². The van der Waals surface area contributed by atoms with Crippen molar-refractivity contribution in [3.8, 4) is 0 Å². The SMILES string of the molecule is CN(CCO)CC/C=N\N(C)C. The van der Waals surface area contributed by atoms with Crippen LogP contribution in [0.5, 0.6) is 0 Å². The number of rotatable bonds is 6. The molecule has 0 bridgehead atoms. The molecule has 0 atom stereocenters. The van der Waals surface area contributed by atoms with Crippen molar-refractivity contribution in [2.75, 3.05) is 40.8 Å². The maximum Gasteiger partial charge on any atom is 0.0558 e. The number of hydrogen-bond acceptors (Lipinski definition) is 4. The molecule has 0 aromatic carbocycles. The molecule has 0 rings (SSSR count). The summed E-state index contributed by atoms with van der Waals surface area (Å²) in [7, 11) is 5.78. The van der Waals surface area contributed by atoms with Crippen molar-refractivity contribution in [1.29, 1.82) is 0 Å². The lowest BCUT2D eigenvalue weighted by atomic mass is 10.4. The lowest BCUT2D eigenvalue weighted by Gasteiger charge is -2.12. The van der Waals surface area contributed by atoms with E-state index < -0.39 is 0 Å². The van der Waals surface area contributed by atoms with E-state index in [0.29, 0.717) is 0 Å². The minimum Gasteiger partial charge on any atom is -0.395 e. The number of aliphatic hydroxyl groups is 1. The van der Waals surface area contributed by atoms with Gasteiger partial charge in [-0.3, -0.25) is 0 Å². The van der Waals surface area contributed by atoms with Crippen LogP contribution in [0.25, 0.3) is 0 Å². The summed E-state index contributed by atoms with van der Waals surface area (Å²) in [6.07, 6.45) is 2.81. The number of likely N-dealkylation sites (N-methyl/N-ethyl adjacent to an activating group) is 1. The Bertz CT molecular complexity index is 125.